The third kappa shape index (κ3) is 4.61. The van der Waals surface area contributed by atoms with Crippen molar-refractivity contribution in [2.75, 3.05) is 6.54 Å². The van der Waals surface area contributed by atoms with Gasteiger partial charge >= 0.3 is 12.1 Å². The summed E-state index contributed by atoms with van der Waals surface area (Å²) in [5.74, 6) is -2.27. The van der Waals surface area contributed by atoms with E-state index in [1.807, 2.05) is 30.3 Å². The predicted molar refractivity (Wildman–Crippen MR) is 135 cm³/mol. The van der Waals surface area contributed by atoms with Crippen molar-refractivity contribution in [3.05, 3.63) is 70.8 Å². The van der Waals surface area contributed by atoms with Crippen LogP contribution in [0, 0.1) is 5.92 Å². The van der Waals surface area contributed by atoms with E-state index in [1.54, 1.807) is 11.0 Å². The van der Waals surface area contributed by atoms with E-state index in [1.165, 1.54) is 12.1 Å². The van der Waals surface area contributed by atoms with Gasteiger partial charge in [-0.15, -0.1) is 0 Å². The van der Waals surface area contributed by atoms with E-state index in [9.17, 15) is 32.3 Å². The number of halogens is 5. The van der Waals surface area contributed by atoms with Gasteiger partial charge in [-0.2, -0.15) is 13.2 Å². The van der Waals surface area contributed by atoms with Crippen molar-refractivity contribution in [3.63, 3.8) is 0 Å². The van der Waals surface area contributed by atoms with Crippen LogP contribution in [-0.4, -0.2) is 46.3 Å². The number of fused-ring (bicyclic) bond motifs is 3. The number of carbonyl (C=O) groups excluding carboxylic acids is 1. The Morgan fingerprint density at radius 3 is 2.28 bits per heavy atom. The predicted octanol–water partition coefficient (Wildman–Crippen LogP) is 6.44. The van der Waals surface area contributed by atoms with Gasteiger partial charge in [0.25, 0.3) is 5.91 Å². The molecule has 1 aliphatic heterocycles. The summed E-state index contributed by atoms with van der Waals surface area (Å²) in [4.78, 5) is 26.6. The zero-order valence-electron chi connectivity index (χ0n) is 21.7. The molecule has 0 radical (unpaired) electrons. The van der Waals surface area contributed by atoms with Crippen molar-refractivity contribution in [2.24, 2.45) is 5.92 Å². The fourth-order valence-corrected chi connectivity index (χ4v) is 7.02. The minimum absolute atomic E-state index is 0.0953. The lowest BCUT2D eigenvalue weighted by molar-refractivity contribution is -0.228. The summed E-state index contributed by atoms with van der Waals surface area (Å²) in [6, 6.07) is 13.2. The first-order valence-electron chi connectivity index (χ1n) is 13.4. The number of alkyl halides is 5. The van der Waals surface area contributed by atoms with Gasteiger partial charge in [0.1, 0.15) is 0 Å². The highest BCUT2D eigenvalue weighted by molar-refractivity contribution is 5.86. The van der Waals surface area contributed by atoms with Gasteiger partial charge in [0, 0.05) is 18.0 Å². The molecule has 9 heteroatoms. The van der Waals surface area contributed by atoms with Crippen LogP contribution in [0.5, 0.6) is 0 Å². The van der Waals surface area contributed by atoms with Gasteiger partial charge in [0.2, 0.25) is 5.67 Å². The number of carbonyl (C=O) groups is 2. The number of hydrogen-bond donors (Lipinski definition) is 1. The van der Waals surface area contributed by atoms with E-state index in [2.05, 4.69) is 0 Å². The summed E-state index contributed by atoms with van der Waals surface area (Å²) in [5.41, 5.74) is -4.37. The molecule has 0 spiro atoms. The number of benzene rings is 2. The Hall–Kier alpha value is -2.97. The minimum atomic E-state index is -5.06. The number of aliphatic carboxylic acids is 1. The molecule has 2 aromatic rings. The molecule has 39 heavy (non-hydrogen) atoms. The van der Waals surface area contributed by atoms with Crippen molar-refractivity contribution in [3.8, 4) is 0 Å². The number of rotatable bonds is 5. The first-order valence-corrected chi connectivity index (χ1v) is 13.4. The second-order valence-electron chi connectivity index (χ2n) is 11.6. The summed E-state index contributed by atoms with van der Waals surface area (Å²) < 4.78 is 71.3. The highest BCUT2D eigenvalue weighted by atomic mass is 19.4. The smallest absolute Gasteiger partial charge is 0.426 e. The first-order chi connectivity index (χ1) is 18.3. The third-order valence-corrected chi connectivity index (χ3v) is 9.35. The van der Waals surface area contributed by atoms with Gasteiger partial charge < -0.3 is 10.0 Å². The van der Waals surface area contributed by atoms with Gasteiger partial charge in [-0.1, -0.05) is 48.5 Å². The van der Waals surface area contributed by atoms with Crippen molar-refractivity contribution in [2.45, 2.75) is 87.3 Å². The Labute approximate surface area is 224 Å². The first kappa shape index (κ1) is 27.6. The molecule has 2 aliphatic carbocycles. The summed E-state index contributed by atoms with van der Waals surface area (Å²) >= 11 is 0. The van der Waals surface area contributed by atoms with Crippen LogP contribution in [0.15, 0.2) is 48.5 Å². The molecule has 4 nitrogen and oxygen atoms in total. The van der Waals surface area contributed by atoms with Crippen molar-refractivity contribution in [1.82, 2.24) is 4.90 Å². The maximum Gasteiger partial charge on any atom is 0.426 e. The maximum atomic E-state index is 16.0. The van der Waals surface area contributed by atoms with E-state index in [0.717, 1.165) is 11.1 Å². The number of amides is 1. The van der Waals surface area contributed by atoms with E-state index < -0.39 is 46.3 Å². The lowest BCUT2D eigenvalue weighted by Crippen LogP contribution is -2.55. The molecule has 1 saturated carbocycles. The molecule has 1 N–H and O–H groups in total. The molecule has 2 aromatic carbocycles. The lowest BCUT2D eigenvalue weighted by Gasteiger charge is -2.45. The molecular weight excluding hydrogens is 517 g/mol. The molecule has 3 aliphatic rings. The molecule has 2 fully saturated rings. The zero-order valence-corrected chi connectivity index (χ0v) is 21.7. The second-order valence-corrected chi connectivity index (χ2v) is 11.6. The summed E-state index contributed by atoms with van der Waals surface area (Å²) in [7, 11) is 0. The standard InChI is InChI=1S/C30H32F5NO3/c1-27(31,30(33,34)35)22-8-9-23-21(17-22)7-10-24-28(23,18-19-5-3-2-4-6-19)15-16-36(24)26(39)29(32)13-11-20(12-14-29)25(37)38/h2-6,8-9,17,20,24H,7,10-16,18H2,1H3,(H,37,38)/t20?,24-,27?,28-,29?/m1/s1. The van der Waals surface area contributed by atoms with E-state index in [-0.39, 0.29) is 38.3 Å². The lowest BCUT2D eigenvalue weighted by atomic mass is 9.63. The van der Waals surface area contributed by atoms with Crippen LogP contribution in [0.1, 0.15) is 67.7 Å². The van der Waals surface area contributed by atoms with E-state index in [0.29, 0.717) is 38.2 Å². The Bertz CT molecular complexity index is 1250. The Morgan fingerprint density at radius 1 is 1.00 bits per heavy atom. The van der Waals surface area contributed by atoms with E-state index in [4.69, 9.17) is 0 Å². The van der Waals surface area contributed by atoms with Crippen molar-refractivity contribution >= 4 is 11.9 Å². The summed E-state index contributed by atoms with van der Waals surface area (Å²) in [6.45, 7) is 0.810. The average Bonchev–Trinajstić information content (AvgIpc) is 3.27. The quantitative estimate of drug-likeness (QED) is 0.437. The van der Waals surface area contributed by atoms with Gasteiger partial charge in [-0.3, -0.25) is 9.59 Å². The zero-order chi connectivity index (χ0) is 28.2. The van der Waals surface area contributed by atoms with Gasteiger partial charge in [0.15, 0.2) is 5.67 Å². The molecular formula is C30H32F5NO3. The Morgan fingerprint density at radius 2 is 1.67 bits per heavy atom. The third-order valence-electron chi connectivity index (χ3n) is 9.35. The molecule has 3 atom stereocenters. The SMILES string of the molecule is CC(F)(c1ccc2c(c1)CC[C@H]1N(C(=O)C3(F)CCC(C(=O)O)CC3)CC[C@@]21Cc1ccccc1)C(F)(F)F. The molecule has 210 valence electrons. The molecule has 1 saturated heterocycles. The van der Waals surface area contributed by atoms with Gasteiger partial charge in [-0.25, -0.2) is 8.78 Å². The van der Waals surface area contributed by atoms with Gasteiger partial charge in [-0.05, 0) is 80.5 Å². The van der Waals surface area contributed by atoms with Crippen LogP contribution in [0.3, 0.4) is 0 Å². The summed E-state index contributed by atoms with van der Waals surface area (Å²) in [6.07, 6.45) is -3.43. The molecule has 1 heterocycles. The topological polar surface area (TPSA) is 57.6 Å². The number of carboxylic acids is 1. The largest absolute Gasteiger partial charge is 0.481 e. The van der Waals surface area contributed by atoms with Crippen LogP contribution < -0.4 is 0 Å². The number of carboxylic acid groups (broad SMARTS) is 1. The maximum absolute atomic E-state index is 16.0. The van der Waals surface area contributed by atoms with Crippen LogP contribution in [-0.2, 0) is 33.5 Å². The molecule has 5 rings (SSSR count). The molecule has 1 amide bonds. The fourth-order valence-electron chi connectivity index (χ4n) is 7.02. The highest BCUT2D eigenvalue weighted by Gasteiger charge is 2.57. The van der Waals surface area contributed by atoms with Crippen LogP contribution in [0.2, 0.25) is 0 Å². The monoisotopic (exact) mass is 549 g/mol. The van der Waals surface area contributed by atoms with E-state index >= 15 is 4.39 Å². The van der Waals surface area contributed by atoms with Crippen LogP contribution in [0.25, 0.3) is 0 Å². The normalized spacial score (nSPS) is 30.3. The number of hydrogen-bond acceptors (Lipinski definition) is 2. The van der Waals surface area contributed by atoms with Gasteiger partial charge in [0.05, 0.1) is 5.92 Å². The molecule has 0 aromatic heterocycles. The Balaban J connectivity index is 1.51. The average molecular weight is 550 g/mol. The van der Waals surface area contributed by atoms with Crippen LogP contribution in [0.4, 0.5) is 22.0 Å². The number of aryl methyl sites for hydroxylation is 1. The summed E-state index contributed by atoms with van der Waals surface area (Å²) in [5, 5.41) is 9.29. The number of likely N-dealkylation sites (tertiary alicyclic amines) is 1. The minimum Gasteiger partial charge on any atom is -0.481 e. The fraction of sp³-hybridized carbons (Fsp3) is 0.533. The Kier molecular flexibility index (Phi) is 6.79. The van der Waals surface area contributed by atoms with Crippen LogP contribution >= 0.6 is 0 Å². The molecule has 1 unspecified atom stereocenters. The highest BCUT2D eigenvalue weighted by Crippen LogP contribution is 2.52. The number of nitrogens with zero attached hydrogens (tertiary/aromatic N) is 1. The van der Waals surface area contributed by atoms with Crippen molar-refractivity contribution in [1.29, 1.82) is 0 Å². The second kappa shape index (κ2) is 9.59. The van der Waals surface area contributed by atoms with Crippen molar-refractivity contribution < 1.29 is 36.6 Å². The molecule has 0 bridgehead atoms.